The summed E-state index contributed by atoms with van der Waals surface area (Å²) in [6.07, 6.45) is 8.66. The van der Waals surface area contributed by atoms with Crippen LogP contribution in [0.1, 0.15) is 116 Å². The number of ether oxygens (including phenoxy) is 1. The fraction of sp³-hybridized carbons (Fsp3) is 0.429. The minimum atomic E-state index is -0.120. The predicted octanol–water partition coefficient (Wildman–Crippen LogP) is 12.9. The van der Waals surface area contributed by atoms with E-state index < -0.39 is 0 Å². The first-order valence-corrected chi connectivity index (χ1v) is 20.1. The van der Waals surface area contributed by atoms with E-state index >= 15 is 0 Å². The van der Waals surface area contributed by atoms with E-state index in [4.69, 9.17) is 14.8 Å². The van der Waals surface area contributed by atoms with Crippen LogP contribution >= 0.6 is 0 Å². The van der Waals surface area contributed by atoms with Crippen molar-refractivity contribution in [3.05, 3.63) is 119 Å². The van der Waals surface area contributed by atoms with Crippen molar-refractivity contribution in [2.45, 2.75) is 113 Å². The average molecular weight is 914 g/mol. The van der Waals surface area contributed by atoms with Crippen molar-refractivity contribution in [2.75, 3.05) is 0 Å². The van der Waals surface area contributed by atoms with Gasteiger partial charge in [0.2, 0.25) is 0 Å². The number of aromatic nitrogens is 4. The van der Waals surface area contributed by atoms with Gasteiger partial charge >= 0.3 is 21.1 Å². The molecule has 6 heteroatoms. The molecule has 1 aliphatic carbocycles. The molecule has 0 amide bonds. The molecule has 55 heavy (non-hydrogen) atoms. The largest absolute Gasteiger partial charge is 2.00 e. The maximum Gasteiger partial charge on any atom is 2.00 e. The SMILES string of the molecule is CC1=C[C@H](C)C[C@H](C)C1c1c(C)nn(-c2[c-]c(Oc3[c-]c4c(cc3)c3ccccc3n4-c3cc(CC(C)C)ccn3)cc(C(C)(C)C)c2)c1CCC(C)C.[Pt+2]. The Balaban J connectivity index is 0.00000514. The predicted molar refractivity (Wildman–Crippen MR) is 224 cm³/mol. The fourth-order valence-corrected chi connectivity index (χ4v) is 8.76. The number of allylic oxidation sites excluding steroid dienone is 2. The van der Waals surface area contributed by atoms with Gasteiger partial charge in [0.05, 0.1) is 5.69 Å². The molecule has 3 atom stereocenters. The van der Waals surface area contributed by atoms with Gasteiger partial charge < -0.3 is 9.30 Å². The van der Waals surface area contributed by atoms with E-state index in [0.29, 0.717) is 41.1 Å². The van der Waals surface area contributed by atoms with Crippen molar-refractivity contribution >= 4 is 21.8 Å². The van der Waals surface area contributed by atoms with Crippen LogP contribution in [0, 0.1) is 42.7 Å². The maximum absolute atomic E-state index is 6.79. The Labute approximate surface area is 343 Å². The fourth-order valence-electron chi connectivity index (χ4n) is 8.76. The average Bonchev–Trinajstić information content (AvgIpc) is 3.60. The van der Waals surface area contributed by atoms with E-state index in [2.05, 4.69) is 158 Å². The van der Waals surface area contributed by atoms with Gasteiger partial charge in [0.1, 0.15) is 5.82 Å². The van der Waals surface area contributed by atoms with Crippen LogP contribution in [0.25, 0.3) is 33.3 Å². The van der Waals surface area contributed by atoms with Gasteiger partial charge in [-0.05, 0) is 103 Å². The summed E-state index contributed by atoms with van der Waals surface area (Å²) in [5.41, 5.74) is 10.6. The van der Waals surface area contributed by atoms with Crippen molar-refractivity contribution in [1.82, 2.24) is 19.3 Å². The van der Waals surface area contributed by atoms with Gasteiger partial charge in [-0.15, -0.1) is 41.3 Å². The first-order chi connectivity index (χ1) is 25.7. The molecule has 0 aliphatic heterocycles. The Hall–Kier alpha value is -3.95. The van der Waals surface area contributed by atoms with Gasteiger partial charge in [-0.25, -0.2) is 4.98 Å². The number of para-hydroxylation sites is 1. The molecule has 3 heterocycles. The molecule has 1 aliphatic rings. The molecule has 0 bridgehead atoms. The van der Waals surface area contributed by atoms with E-state index in [1.807, 2.05) is 12.3 Å². The minimum absolute atomic E-state index is 0. The molecule has 6 aromatic rings. The summed E-state index contributed by atoms with van der Waals surface area (Å²) in [6, 6.07) is 28.8. The quantitative estimate of drug-likeness (QED) is 0.102. The van der Waals surface area contributed by atoms with Crippen LogP contribution in [0.4, 0.5) is 0 Å². The number of hydrogen-bond donors (Lipinski definition) is 0. The molecule has 0 saturated carbocycles. The summed E-state index contributed by atoms with van der Waals surface area (Å²) in [7, 11) is 0. The Morgan fingerprint density at radius 3 is 2.36 bits per heavy atom. The molecular weight excluding hydrogens is 856 g/mol. The van der Waals surface area contributed by atoms with E-state index in [1.54, 1.807) is 0 Å². The molecule has 0 N–H and O–H groups in total. The Morgan fingerprint density at radius 2 is 1.65 bits per heavy atom. The normalized spacial score (nSPS) is 17.6. The number of fused-ring (bicyclic) bond motifs is 3. The van der Waals surface area contributed by atoms with Gasteiger partial charge in [-0.2, -0.15) is 11.2 Å². The molecule has 3 aromatic carbocycles. The number of benzene rings is 3. The first kappa shape index (κ1) is 40.7. The second kappa shape index (κ2) is 16.3. The van der Waals surface area contributed by atoms with Crippen LogP contribution in [0.5, 0.6) is 11.5 Å². The van der Waals surface area contributed by atoms with E-state index in [0.717, 1.165) is 52.9 Å². The van der Waals surface area contributed by atoms with Crippen molar-refractivity contribution in [2.24, 2.45) is 23.7 Å². The third-order valence-corrected chi connectivity index (χ3v) is 11.2. The smallest absolute Gasteiger partial charge is 0.509 e. The van der Waals surface area contributed by atoms with E-state index in [1.165, 1.54) is 39.8 Å². The molecule has 0 radical (unpaired) electrons. The molecule has 0 spiro atoms. The van der Waals surface area contributed by atoms with Gasteiger partial charge in [0, 0.05) is 40.4 Å². The zero-order valence-electron chi connectivity index (χ0n) is 34.7. The number of nitrogens with zero attached hydrogens (tertiary/aromatic N) is 4. The molecular formula is C49H58N4OPt. The third kappa shape index (κ3) is 8.43. The molecule has 7 rings (SSSR count). The Morgan fingerprint density at radius 1 is 0.891 bits per heavy atom. The molecule has 290 valence electrons. The van der Waals surface area contributed by atoms with Crippen molar-refractivity contribution < 1.29 is 25.8 Å². The molecule has 1 unspecified atom stereocenters. The van der Waals surface area contributed by atoms with Crippen LogP contribution < -0.4 is 4.74 Å². The van der Waals surface area contributed by atoms with Crippen LogP contribution in [0.15, 0.2) is 78.5 Å². The second-order valence-electron chi connectivity index (χ2n) is 17.9. The Kier molecular flexibility index (Phi) is 12.0. The number of rotatable bonds is 10. The van der Waals surface area contributed by atoms with Crippen LogP contribution in [-0.4, -0.2) is 19.3 Å². The summed E-state index contributed by atoms with van der Waals surface area (Å²) in [6.45, 7) is 25.2. The summed E-state index contributed by atoms with van der Waals surface area (Å²) in [5.74, 6) is 4.85. The summed E-state index contributed by atoms with van der Waals surface area (Å²) in [5, 5.41) is 7.60. The summed E-state index contributed by atoms with van der Waals surface area (Å²) < 4.78 is 11.2. The zero-order chi connectivity index (χ0) is 38.5. The topological polar surface area (TPSA) is 44.9 Å². The zero-order valence-corrected chi connectivity index (χ0v) is 36.9. The van der Waals surface area contributed by atoms with E-state index in [-0.39, 0.29) is 26.5 Å². The molecule has 0 fully saturated rings. The summed E-state index contributed by atoms with van der Waals surface area (Å²) in [4.78, 5) is 4.86. The van der Waals surface area contributed by atoms with Gasteiger partial charge in [0.25, 0.3) is 0 Å². The van der Waals surface area contributed by atoms with E-state index in [9.17, 15) is 0 Å². The standard InChI is InChI=1S/C49H58N4O.Pt/c1-30(2)16-19-44-48(47-33(6)23-32(5)24-34(47)7)35(8)51-53(44)38-26-37(49(9,10)11)27-40(28-38)54-39-17-18-42-41-14-12-13-15-43(41)52(45(42)29-39)46-25-36(20-21-50-46)22-31(3)4;/h12-15,17-18,20-21,23,25-27,30-32,34,47H,16,19,22,24H2,1-11H3;/q-2;+2/t32-,34-,47?;/m0./s1. The third-order valence-electron chi connectivity index (χ3n) is 11.2. The number of hydrogen-bond acceptors (Lipinski definition) is 3. The van der Waals surface area contributed by atoms with Crippen molar-refractivity contribution in [1.29, 1.82) is 0 Å². The van der Waals surface area contributed by atoms with Crippen LogP contribution in [-0.2, 0) is 39.3 Å². The Bertz CT molecular complexity index is 2340. The minimum Gasteiger partial charge on any atom is -0.509 e. The summed E-state index contributed by atoms with van der Waals surface area (Å²) >= 11 is 0. The number of aryl methyl sites for hydroxylation is 1. The van der Waals surface area contributed by atoms with Gasteiger partial charge in [-0.1, -0.05) is 97.7 Å². The van der Waals surface area contributed by atoms with Crippen LogP contribution in [0.3, 0.4) is 0 Å². The van der Waals surface area contributed by atoms with Gasteiger partial charge in [0.15, 0.2) is 0 Å². The number of pyridine rings is 1. The monoisotopic (exact) mass is 913 g/mol. The van der Waals surface area contributed by atoms with Crippen molar-refractivity contribution in [3.8, 4) is 23.0 Å². The second-order valence-corrected chi connectivity index (χ2v) is 17.9. The van der Waals surface area contributed by atoms with Crippen molar-refractivity contribution in [3.63, 3.8) is 0 Å². The van der Waals surface area contributed by atoms with Gasteiger partial charge in [-0.3, -0.25) is 4.68 Å². The molecule has 0 saturated heterocycles. The van der Waals surface area contributed by atoms with Crippen LogP contribution in [0.2, 0.25) is 0 Å². The molecule has 3 aromatic heterocycles. The first-order valence-electron chi connectivity index (χ1n) is 20.1. The molecule has 5 nitrogen and oxygen atoms in total. The maximum atomic E-state index is 6.79.